The van der Waals surface area contributed by atoms with E-state index in [1.165, 1.54) is 58.2 Å². The van der Waals surface area contributed by atoms with Crippen LogP contribution in [0.1, 0.15) is 45.4 Å². The van der Waals surface area contributed by atoms with E-state index in [2.05, 4.69) is 17.1 Å². The first-order valence-electron chi connectivity index (χ1n) is 7.44. The van der Waals surface area contributed by atoms with Gasteiger partial charge >= 0.3 is 0 Å². The molecule has 1 heterocycles. The molecule has 0 aromatic heterocycles. The lowest BCUT2D eigenvalue weighted by Gasteiger charge is -2.16. The van der Waals surface area contributed by atoms with E-state index in [1.807, 2.05) is 0 Å². The molecule has 0 radical (unpaired) electrons. The average molecular weight is 240 g/mol. The monoisotopic (exact) mass is 240 g/mol. The molecule has 1 aliphatic carbocycles. The molecule has 0 aromatic carbocycles. The van der Waals surface area contributed by atoms with Gasteiger partial charge in [-0.3, -0.25) is 0 Å². The quantitative estimate of drug-likeness (QED) is 0.624. The lowest BCUT2D eigenvalue weighted by Crippen LogP contribution is -2.34. The Hall–Kier alpha value is -0.120. The Labute approximate surface area is 106 Å². The summed E-state index contributed by atoms with van der Waals surface area (Å²) in [5.74, 6) is 0. The van der Waals surface area contributed by atoms with Crippen LogP contribution in [0.2, 0.25) is 0 Å². The maximum absolute atomic E-state index is 5.59. The summed E-state index contributed by atoms with van der Waals surface area (Å²) in [6.07, 6.45) is 7.79. The minimum absolute atomic E-state index is 0.767. The van der Waals surface area contributed by atoms with Crippen molar-refractivity contribution < 1.29 is 4.74 Å². The molecule has 1 atom stereocenters. The molecular weight excluding hydrogens is 212 g/mol. The Morgan fingerprint density at radius 2 is 1.94 bits per heavy atom. The molecule has 0 spiro atoms. The van der Waals surface area contributed by atoms with Crippen molar-refractivity contribution in [3.63, 3.8) is 0 Å². The third-order valence-electron chi connectivity index (χ3n) is 3.73. The summed E-state index contributed by atoms with van der Waals surface area (Å²) in [5.41, 5.74) is 0. The largest absolute Gasteiger partial charge is 0.381 e. The summed E-state index contributed by atoms with van der Waals surface area (Å²) >= 11 is 0. The van der Waals surface area contributed by atoms with Crippen molar-refractivity contribution in [2.45, 2.75) is 57.5 Å². The van der Waals surface area contributed by atoms with E-state index in [0.717, 1.165) is 25.3 Å². The van der Waals surface area contributed by atoms with E-state index in [4.69, 9.17) is 4.74 Å². The first kappa shape index (κ1) is 13.3. The zero-order valence-electron chi connectivity index (χ0n) is 11.3. The number of rotatable bonds is 9. The van der Waals surface area contributed by atoms with E-state index in [1.54, 1.807) is 0 Å². The summed E-state index contributed by atoms with van der Waals surface area (Å²) in [4.78, 5) is 2.59. The Balaban J connectivity index is 1.43. The van der Waals surface area contributed by atoms with E-state index < -0.39 is 0 Å². The molecule has 1 N–H and O–H groups in total. The summed E-state index contributed by atoms with van der Waals surface area (Å²) in [7, 11) is 0. The van der Waals surface area contributed by atoms with Gasteiger partial charge in [-0.15, -0.1) is 0 Å². The topological polar surface area (TPSA) is 24.5 Å². The Morgan fingerprint density at radius 1 is 1.12 bits per heavy atom. The maximum Gasteiger partial charge on any atom is 0.0478 e. The van der Waals surface area contributed by atoms with Crippen LogP contribution in [0.3, 0.4) is 0 Å². The van der Waals surface area contributed by atoms with Gasteiger partial charge in [-0.2, -0.15) is 0 Å². The lowest BCUT2D eigenvalue weighted by molar-refractivity contribution is 0.120. The van der Waals surface area contributed by atoms with Gasteiger partial charge < -0.3 is 15.0 Å². The number of ether oxygens (including phenoxy) is 1. The second-order valence-corrected chi connectivity index (χ2v) is 5.55. The standard InChI is InChI=1S/C14H28N2O/c1-2-3-10-17-11-4-8-16-9-7-14(12-16)15-13-5-6-13/h13-15H,2-12H2,1H3. The van der Waals surface area contributed by atoms with Crippen molar-refractivity contribution in [1.29, 1.82) is 0 Å². The zero-order chi connectivity index (χ0) is 11.9. The molecule has 2 fully saturated rings. The molecule has 1 saturated heterocycles. The molecule has 3 heteroatoms. The third kappa shape index (κ3) is 5.36. The zero-order valence-corrected chi connectivity index (χ0v) is 11.3. The van der Waals surface area contributed by atoms with Crippen LogP contribution in [0, 0.1) is 0 Å². The predicted octanol–water partition coefficient (Wildman–Crippen LogP) is 2.02. The number of likely N-dealkylation sites (tertiary alicyclic amines) is 1. The molecule has 3 nitrogen and oxygen atoms in total. The molecule has 100 valence electrons. The van der Waals surface area contributed by atoms with Gasteiger partial charge in [-0.1, -0.05) is 13.3 Å². The van der Waals surface area contributed by atoms with Gasteiger partial charge in [0.05, 0.1) is 0 Å². The van der Waals surface area contributed by atoms with Crippen LogP contribution in [-0.2, 0) is 4.74 Å². The number of hydrogen-bond donors (Lipinski definition) is 1. The van der Waals surface area contributed by atoms with Gasteiger partial charge in [0.2, 0.25) is 0 Å². The fourth-order valence-corrected chi connectivity index (χ4v) is 2.49. The van der Waals surface area contributed by atoms with E-state index in [0.29, 0.717) is 0 Å². The first-order chi connectivity index (χ1) is 8.38. The SMILES string of the molecule is CCCCOCCCN1CCC(NC2CC2)C1. The smallest absolute Gasteiger partial charge is 0.0478 e. The summed E-state index contributed by atoms with van der Waals surface area (Å²) in [6.45, 7) is 7.85. The molecule has 0 aromatic rings. The number of nitrogens with one attached hydrogen (secondary N) is 1. The molecule has 1 saturated carbocycles. The van der Waals surface area contributed by atoms with Crippen LogP contribution < -0.4 is 5.32 Å². The van der Waals surface area contributed by atoms with E-state index >= 15 is 0 Å². The minimum Gasteiger partial charge on any atom is -0.381 e. The summed E-state index contributed by atoms with van der Waals surface area (Å²) < 4.78 is 5.59. The Morgan fingerprint density at radius 3 is 2.71 bits per heavy atom. The maximum atomic E-state index is 5.59. The van der Waals surface area contributed by atoms with Crippen LogP contribution in [0.5, 0.6) is 0 Å². The van der Waals surface area contributed by atoms with Gasteiger partial charge in [0.15, 0.2) is 0 Å². The van der Waals surface area contributed by atoms with Crippen LogP contribution in [0.25, 0.3) is 0 Å². The average Bonchev–Trinajstić information content (AvgIpc) is 3.02. The van der Waals surface area contributed by atoms with Gasteiger partial charge in [0, 0.05) is 38.4 Å². The second-order valence-electron chi connectivity index (χ2n) is 5.55. The Kier molecular flexibility index (Phi) is 5.75. The van der Waals surface area contributed by atoms with Crippen LogP contribution >= 0.6 is 0 Å². The van der Waals surface area contributed by atoms with Crippen molar-refractivity contribution in [3.05, 3.63) is 0 Å². The molecule has 2 aliphatic rings. The molecule has 0 amide bonds. The predicted molar refractivity (Wildman–Crippen MR) is 71.3 cm³/mol. The molecule has 1 unspecified atom stereocenters. The van der Waals surface area contributed by atoms with Gasteiger partial charge in [-0.25, -0.2) is 0 Å². The number of unbranched alkanes of at least 4 members (excludes halogenated alkanes) is 1. The molecule has 0 bridgehead atoms. The Bertz CT molecular complexity index is 206. The van der Waals surface area contributed by atoms with Crippen molar-refractivity contribution >= 4 is 0 Å². The highest BCUT2D eigenvalue weighted by molar-refractivity contribution is 4.89. The third-order valence-corrected chi connectivity index (χ3v) is 3.73. The minimum atomic E-state index is 0.767. The highest BCUT2D eigenvalue weighted by Crippen LogP contribution is 2.21. The van der Waals surface area contributed by atoms with Crippen molar-refractivity contribution in [2.24, 2.45) is 0 Å². The number of hydrogen-bond acceptors (Lipinski definition) is 3. The second kappa shape index (κ2) is 7.34. The number of nitrogens with zero attached hydrogens (tertiary/aromatic N) is 1. The fourth-order valence-electron chi connectivity index (χ4n) is 2.49. The highest BCUT2D eigenvalue weighted by atomic mass is 16.5. The molecule has 2 rings (SSSR count). The fraction of sp³-hybridized carbons (Fsp3) is 1.00. The van der Waals surface area contributed by atoms with E-state index in [-0.39, 0.29) is 0 Å². The summed E-state index contributed by atoms with van der Waals surface area (Å²) in [6, 6.07) is 1.63. The lowest BCUT2D eigenvalue weighted by atomic mass is 10.2. The van der Waals surface area contributed by atoms with Gasteiger partial charge in [0.25, 0.3) is 0 Å². The molecule has 17 heavy (non-hydrogen) atoms. The van der Waals surface area contributed by atoms with Gasteiger partial charge in [-0.05, 0) is 38.6 Å². The van der Waals surface area contributed by atoms with Crippen molar-refractivity contribution in [3.8, 4) is 0 Å². The molecule has 1 aliphatic heterocycles. The van der Waals surface area contributed by atoms with Crippen LogP contribution in [0.4, 0.5) is 0 Å². The van der Waals surface area contributed by atoms with Crippen molar-refractivity contribution in [1.82, 2.24) is 10.2 Å². The van der Waals surface area contributed by atoms with Crippen molar-refractivity contribution in [2.75, 3.05) is 32.8 Å². The summed E-state index contributed by atoms with van der Waals surface area (Å²) in [5, 5.41) is 3.73. The van der Waals surface area contributed by atoms with E-state index in [9.17, 15) is 0 Å². The normalized spacial score (nSPS) is 25.6. The molecular formula is C14H28N2O. The van der Waals surface area contributed by atoms with Crippen LogP contribution in [-0.4, -0.2) is 49.8 Å². The van der Waals surface area contributed by atoms with Gasteiger partial charge in [0.1, 0.15) is 0 Å². The van der Waals surface area contributed by atoms with Crippen LogP contribution in [0.15, 0.2) is 0 Å². The highest BCUT2D eigenvalue weighted by Gasteiger charge is 2.28. The first-order valence-corrected chi connectivity index (χ1v) is 7.44.